The number of aliphatic hydroxyl groups excluding tert-OH is 1. The van der Waals surface area contributed by atoms with Crippen LogP contribution in [0.3, 0.4) is 0 Å². The van der Waals surface area contributed by atoms with Gasteiger partial charge in [0.2, 0.25) is 5.78 Å². The molecule has 0 amide bonds. The van der Waals surface area contributed by atoms with Gasteiger partial charge in [-0.05, 0) is 17.0 Å². The first-order valence-corrected chi connectivity index (χ1v) is 8.25. The number of aromatic nitrogens is 3. The fourth-order valence-electron chi connectivity index (χ4n) is 2.99. The van der Waals surface area contributed by atoms with E-state index in [4.69, 9.17) is 0 Å². The molecule has 1 unspecified atom stereocenters. The molecular formula is C19H24N4O. The van der Waals surface area contributed by atoms with E-state index < -0.39 is 0 Å². The smallest absolute Gasteiger partial charge is 0.233 e. The number of benzene rings is 1. The summed E-state index contributed by atoms with van der Waals surface area (Å²) in [7, 11) is 0. The number of aliphatic hydroxyl groups is 1. The molecule has 0 aliphatic carbocycles. The van der Waals surface area contributed by atoms with Crippen LogP contribution in [0.2, 0.25) is 0 Å². The molecule has 3 aromatic rings. The van der Waals surface area contributed by atoms with Gasteiger partial charge in [-0.15, -0.1) is 0 Å². The van der Waals surface area contributed by atoms with Gasteiger partial charge >= 0.3 is 0 Å². The summed E-state index contributed by atoms with van der Waals surface area (Å²) in [5, 5.41) is 13.3. The largest absolute Gasteiger partial charge is 0.396 e. The number of imidazole rings is 1. The molecule has 0 saturated heterocycles. The molecular weight excluding hydrogens is 300 g/mol. The Balaban J connectivity index is 1.72. The van der Waals surface area contributed by atoms with Crippen molar-refractivity contribution in [2.45, 2.75) is 26.3 Å². The second-order valence-electron chi connectivity index (χ2n) is 6.78. The summed E-state index contributed by atoms with van der Waals surface area (Å²) in [6, 6.07) is 12.3. The standard InChI is InChI=1S/C19H24N4O/c1-19(2,14-24)17(15-7-4-3-5-8-15)13-20-11-16-12-22-18-21-9-6-10-23(16)18/h3-10,12,17,20,24H,11,13-14H2,1-2H3. The van der Waals surface area contributed by atoms with Crippen LogP contribution >= 0.6 is 0 Å². The van der Waals surface area contributed by atoms with Gasteiger partial charge in [0.1, 0.15) is 0 Å². The Labute approximate surface area is 142 Å². The summed E-state index contributed by atoms with van der Waals surface area (Å²) >= 11 is 0. The van der Waals surface area contributed by atoms with Crippen molar-refractivity contribution < 1.29 is 5.11 Å². The number of hydrogen-bond acceptors (Lipinski definition) is 4. The van der Waals surface area contributed by atoms with Crippen LogP contribution < -0.4 is 5.32 Å². The summed E-state index contributed by atoms with van der Waals surface area (Å²) in [4.78, 5) is 8.55. The van der Waals surface area contributed by atoms with Gasteiger partial charge < -0.3 is 10.4 Å². The molecule has 24 heavy (non-hydrogen) atoms. The van der Waals surface area contributed by atoms with E-state index in [9.17, 15) is 5.11 Å². The van der Waals surface area contributed by atoms with Gasteiger partial charge in [0.25, 0.3) is 0 Å². The topological polar surface area (TPSA) is 62.5 Å². The lowest BCUT2D eigenvalue weighted by atomic mass is 9.75. The van der Waals surface area contributed by atoms with Crippen molar-refractivity contribution in [2.24, 2.45) is 5.41 Å². The number of nitrogens with zero attached hydrogens (tertiary/aromatic N) is 3. The molecule has 0 aliphatic rings. The van der Waals surface area contributed by atoms with Crippen LogP contribution in [0.15, 0.2) is 55.0 Å². The van der Waals surface area contributed by atoms with E-state index in [1.54, 1.807) is 6.20 Å². The highest BCUT2D eigenvalue weighted by Gasteiger charge is 2.29. The fraction of sp³-hybridized carbons (Fsp3) is 0.368. The van der Waals surface area contributed by atoms with Gasteiger partial charge in [0.15, 0.2) is 0 Å². The minimum absolute atomic E-state index is 0.147. The monoisotopic (exact) mass is 324 g/mol. The van der Waals surface area contributed by atoms with E-state index in [0.717, 1.165) is 12.2 Å². The molecule has 0 aliphatic heterocycles. The molecule has 0 radical (unpaired) electrons. The fourth-order valence-corrected chi connectivity index (χ4v) is 2.99. The molecule has 126 valence electrons. The van der Waals surface area contributed by atoms with Gasteiger partial charge in [-0.1, -0.05) is 44.2 Å². The summed E-state index contributed by atoms with van der Waals surface area (Å²) < 4.78 is 1.99. The van der Waals surface area contributed by atoms with Crippen molar-refractivity contribution in [2.75, 3.05) is 13.2 Å². The Morgan fingerprint density at radius 3 is 2.71 bits per heavy atom. The zero-order valence-electron chi connectivity index (χ0n) is 14.2. The lowest BCUT2D eigenvalue weighted by Crippen LogP contribution is -2.34. The van der Waals surface area contributed by atoms with E-state index in [1.807, 2.05) is 41.1 Å². The third kappa shape index (κ3) is 3.47. The van der Waals surface area contributed by atoms with Crippen LogP contribution in [0.5, 0.6) is 0 Å². The molecule has 0 fully saturated rings. The first kappa shape index (κ1) is 16.6. The lowest BCUT2D eigenvalue weighted by Gasteiger charge is -2.33. The zero-order chi connectivity index (χ0) is 17.0. The maximum absolute atomic E-state index is 9.80. The molecule has 2 heterocycles. The molecule has 5 heteroatoms. The van der Waals surface area contributed by atoms with Crippen LogP contribution in [0.1, 0.15) is 31.0 Å². The summed E-state index contributed by atoms with van der Waals surface area (Å²) in [6.45, 7) is 5.84. The highest BCUT2D eigenvalue weighted by Crippen LogP contribution is 2.34. The van der Waals surface area contributed by atoms with Crippen molar-refractivity contribution in [3.63, 3.8) is 0 Å². The summed E-state index contributed by atoms with van der Waals surface area (Å²) in [6.07, 6.45) is 5.57. The Bertz CT molecular complexity index is 782. The number of fused-ring (bicyclic) bond motifs is 1. The Morgan fingerprint density at radius 1 is 1.17 bits per heavy atom. The Hall–Kier alpha value is -2.24. The predicted octanol–water partition coefficient (Wildman–Crippen LogP) is 2.62. The van der Waals surface area contributed by atoms with Crippen molar-refractivity contribution >= 4 is 5.78 Å². The van der Waals surface area contributed by atoms with Crippen LogP contribution in [0.4, 0.5) is 0 Å². The Morgan fingerprint density at radius 2 is 1.96 bits per heavy atom. The van der Waals surface area contributed by atoms with Crippen molar-refractivity contribution in [3.8, 4) is 0 Å². The average molecular weight is 324 g/mol. The maximum Gasteiger partial charge on any atom is 0.233 e. The van der Waals surface area contributed by atoms with E-state index in [1.165, 1.54) is 5.56 Å². The molecule has 2 aromatic heterocycles. The van der Waals surface area contributed by atoms with Gasteiger partial charge in [0, 0.05) is 38.0 Å². The van der Waals surface area contributed by atoms with E-state index in [2.05, 4.69) is 41.3 Å². The first-order valence-electron chi connectivity index (χ1n) is 8.25. The van der Waals surface area contributed by atoms with Crippen molar-refractivity contribution in [1.82, 2.24) is 19.7 Å². The molecule has 3 rings (SSSR count). The Kier molecular flexibility index (Phi) is 4.92. The van der Waals surface area contributed by atoms with Crippen molar-refractivity contribution in [1.29, 1.82) is 0 Å². The minimum Gasteiger partial charge on any atom is -0.396 e. The van der Waals surface area contributed by atoms with Crippen LogP contribution in [0.25, 0.3) is 5.78 Å². The van der Waals surface area contributed by atoms with Gasteiger partial charge in [0.05, 0.1) is 11.9 Å². The van der Waals surface area contributed by atoms with Crippen molar-refractivity contribution in [3.05, 3.63) is 66.2 Å². The van der Waals surface area contributed by atoms with E-state index in [0.29, 0.717) is 12.3 Å². The summed E-state index contributed by atoms with van der Waals surface area (Å²) in [5.74, 6) is 0.936. The molecule has 1 aromatic carbocycles. The zero-order valence-corrected chi connectivity index (χ0v) is 14.2. The SMILES string of the molecule is CC(C)(CO)C(CNCc1cnc2ncccn12)c1ccccc1. The highest BCUT2D eigenvalue weighted by atomic mass is 16.3. The van der Waals surface area contributed by atoms with Gasteiger partial charge in [-0.25, -0.2) is 9.97 Å². The third-order valence-electron chi connectivity index (χ3n) is 4.57. The maximum atomic E-state index is 9.80. The van der Waals surface area contributed by atoms with Gasteiger partial charge in [-0.3, -0.25) is 4.40 Å². The van der Waals surface area contributed by atoms with E-state index in [-0.39, 0.29) is 17.9 Å². The third-order valence-corrected chi connectivity index (χ3v) is 4.57. The molecule has 5 nitrogen and oxygen atoms in total. The quantitative estimate of drug-likeness (QED) is 0.701. The lowest BCUT2D eigenvalue weighted by molar-refractivity contribution is 0.129. The number of hydrogen-bond donors (Lipinski definition) is 2. The average Bonchev–Trinajstić information content (AvgIpc) is 3.02. The molecule has 0 spiro atoms. The second-order valence-corrected chi connectivity index (χ2v) is 6.78. The summed E-state index contributed by atoms with van der Waals surface area (Å²) in [5.41, 5.74) is 2.12. The van der Waals surface area contributed by atoms with Crippen LogP contribution in [-0.4, -0.2) is 32.6 Å². The molecule has 0 saturated carbocycles. The van der Waals surface area contributed by atoms with E-state index >= 15 is 0 Å². The molecule has 1 atom stereocenters. The normalized spacial score (nSPS) is 13.3. The molecule has 0 bridgehead atoms. The second kappa shape index (κ2) is 7.11. The highest BCUT2D eigenvalue weighted by molar-refractivity contribution is 5.30. The minimum atomic E-state index is -0.199. The van der Waals surface area contributed by atoms with Gasteiger partial charge in [-0.2, -0.15) is 0 Å². The molecule has 2 N–H and O–H groups in total. The van der Waals surface area contributed by atoms with Crippen LogP contribution in [0, 0.1) is 5.41 Å². The number of rotatable bonds is 7. The first-order chi connectivity index (χ1) is 11.6. The van der Waals surface area contributed by atoms with Crippen LogP contribution in [-0.2, 0) is 6.54 Å². The predicted molar refractivity (Wildman–Crippen MR) is 94.7 cm³/mol. The number of nitrogens with one attached hydrogen (secondary N) is 1.